The van der Waals surface area contributed by atoms with Crippen LogP contribution in [0.4, 0.5) is 0 Å². The highest BCUT2D eigenvalue weighted by Gasteiger charge is 2.53. The molecule has 2 atom stereocenters. The average Bonchev–Trinajstić information content (AvgIpc) is 2.82. The number of carbonyl (C=O) groups is 1. The van der Waals surface area contributed by atoms with E-state index in [1.807, 2.05) is 30.5 Å². The molecule has 2 aromatic rings. The summed E-state index contributed by atoms with van der Waals surface area (Å²) in [5.41, 5.74) is 1.82. The van der Waals surface area contributed by atoms with Gasteiger partial charge in [-0.25, -0.2) is 0 Å². The number of rotatable bonds is 2. The first-order chi connectivity index (χ1) is 8.83. The summed E-state index contributed by atoms with van der Waals surface area (Å²) in [5, 5.41) is 7.55. The second-order valence-corrected chi connectivity index (χ2v) is 5.26. The zero-order valence-corrected chi connectivity index (χ0v) is 9.94. The number of aromatic nitrogens is 1. The molecule has 4 heteroatoms. The predicted octanol–water partition coefficient (Wildman–Crippen LogP) is 1.12. The van der Waals surface area contributed by atoms with E-state index in [9.17, 15) is 4.79 Å². The highest BCUT2D eigenvalue weighted by atomic mass is 16.1. The van der Waals surface area contributed by atoms with Crippen LogP contribution in [0.1, 0.15) is 10.4 Å². The fourth-order valence-electron chi connectivity index (χ4n) is 3.06. The Morgan fingerprint density at radius 3 is 2.89 bits per heavy atom. The normalized spacial score (nSPS) is 29.2. The molecule has 1 saturated carbocycles. The van der Waals surface area contributed by atoms with Crippen LogP contribution in [-0.2, 0) is 0 Å². The van der Waals surface area contributed by atoms with Gasteiger partial charge in [-0.15, -0.1) is 0 Å². The van der Waals surface area contributed by atoms with E-state index in [1.165, 1.54) is 0 Å². The first kappa shape index (κ1) is 10.1. The van der Waals surface area contributed by atoms with Gasteiger partial charge in [-0.1, -0.05) is 0 Å². The Bertz CT molecular complexity index is 608. The van der Waals surface area contributed by atoms with Crippen LogP contribution in [-0.4, -0.2) is 30.0 Å². The topological polar surface area (TPSA) is 56.9 Å². The summed E-state index contributed by atoms with van der Waals surface area (Å²) < 4.78 is 0. The van der Waals surface area contributed by atoms with Gasteiger partial charge in [0.1, 0.15) is 0 Å². The standard InChI is InChI=1S/C14H15N3O/c18-14(17-13-10-6-15-7-11(10)13)9-1-2-12-8(5-9)3-4-16-12/h1-5,10-11,13,15-16H,6-7H2,(H,17,18). The number of fused-ring (bicyclic) bond motifs is 2. The van der Waals surface area contributed by atoms with Gasteiger partial charge in [0, 0.05) is 41.8 Å². The molecule has 0 spiro atoms. The molecule has 2 unspecified atom stereocenters. The minimum atomic E-state index is 0.0532. The van der Waals surface area contributed by atoms with Gasteiger partial charge in [0.15, 0.2) is 0 Å². The smallest absolute Gasteiger partial charge is 0.251 e. The van der Waals surface area contributed by atoms with Crippen LogP contribution in [0.3, 0.4) is 0 Å². The van der Waals surface area contributed by atoms with Crippen molar-refractivity contribution in [3.63, 3.8) is 0 Å². The zero-order valence-electron chi connectivity index (χ0n) is 9.94. The van der Waals surface area contributed by atoms with Gasteiger partial charge in [-0.05, 0) is 36.1 Å². The molecule has 1 aliphatic carbocycles. The average molecular weight is 241 g/mol. The molecule has 0 radical (unpaired) electrons. The molecule has 4 rings (SSSR count). The molecule has 2 fully saturated rings. The number of carbonyl (C=O) groups excluding carboxylic acids is 1. The Kier molecular flexibility index (Phi) is 2.02. The number of hydrogen-bond donors (Lipinski definition) is 3. The molecule has 0 bridgehead atoms. The zero-order chi connectivity index (χ0) is 12.1. The SMILES string of the molecule is O=C(NC1C2CNCC21)c1ccc2[nH]ccc2c1. The molecule has 1 aromatic carbocycles. The lowest BCUT2D eigenvalue weighted by molar-refractivity contribution is 0.0946. The lowest BCUT2D eigenvalue weighted by atomic mass is 10.1. The molecule has 1 saturated heterocycles. The molecule has 18 heavy (non-hydrogen) atoms. The van der Waals surface area contributed by atoms with Gasteiger partial charge >= 0.3 is 0 Å². The van der Waals surface area contributed by atoms with Gasteiger partial charge in [-0.2, -0.15) is 0 Å². The molecule has 92 valence electrons. The third-order valence-electron chi connectivity index (χ3n) is 4.20. The maximum atomic E-state index is 12.2. The van der Waals surface area contributed by atoms with Crippen molar-refractivity contribution in [3.05, 3.63) is 36.0 Å². The Morgan fingerprint density at radius 2 is 2.06 bits per heavy atom. The van der Waals surface area contributed by atoms with Gasteiger partial charge in [0.25, 0.3) is 5.91 Å². The molecule has 1 aromatic heterocycles. The first-order valence-electron chi connectivity index (χ1n) is 6.42. The van der Waals surface area contributed by atoms with Crippen molar-refractivity contribution in [1.29, 1.82) is 0 Å². The van der Waals surface area contributed by atoms with Crippen molar-refractivity contribution in [2.45, 2.75) is 6.04 Å². The minimum Gasteiger partial charge on any atom is -0.361 e. The molecular formula is C14H15N3O. The summed E-state index contributed by atoms with van der Waals surface area (Å²) in [7, 11) is 0. The van der Waals surface area contributed by atoms with E-state index in [1.54, 1.807) is 0 Å². The molecule has 1 amide bonds. The van der Waals surface area contributed by atoms with E-state index in [0.29, 0.717) is 17.9 Å². The van der Waals surface area contributed by atoms with Gasteiger partial charge in [0.05, 0.1) is 0 Å². The third kappa shape index (κ3) is 1.46. The fraction of sp³-hybridized carbons (Fsp3) is 0.357. The molecule has 4 nitrogen and oxygen atoms in total. The van der Waals surface area contributed by atoms with Crippen molar-refractivity contribution in [2.75, 3.05) is 13.1 Å². The van der Waals surface area contributed by atoms with E-state index >= 15 is 0 Å². The summed E-state index contributed by atoms with van der Waals surface area (Å²) in [6.07, 6.45) is 1.89. The molecule has 2 heterocycles. The van der Waals surface area contributed by atoms with E-state index in [4.69, 9.17) is 0 Å². The fourth-order valence-corrected chi connectivity index (χ4v) is 3.06. The summed E-state index contributed by atoms with van der Waals surface area (Å²) in [6.45, 7) is 2.10. The quantitative estimate of drug-likeness (QED) is 0.738. The lowest BCUT2D eigenvalue weighted by Crippen LogP contribution is -2.32. The Hall–Kier alpha value is -1.81. The van der Waals surface area contributed by atoms with E-state index in [2.05, 4.69) is 15.6 Å². The largest absolute Gasteiger partial charge is 0.361 e. The van der Waals surface area contributed by atoms with Crippen molar-refractivity contribution in [1.82, 2.24) is 15.6 Å². The summed E-state index contributed by atoms with van der Waals surface area (Å²) in [4.78, 5) is 15.3. The molecule has 2 aliphatic rings. The van der Waals surface area contributed by atoms with E-state index in [-0.39, 0.29) is 5.91 Å². The van der Waals surface area contributed by atoms with Crippen LogP contribution < -0.4 is 10.6 Å². The van der Waals surface area contributed by atoms with Crippen LogP contribution >= 0.6 is 0 Å². The van der Waals surface area contributed by atoms with Gasteiger partial charge in [0.2, 0.25) is 0 Å². The highest BCUT2D eigenvalue weighted by molar-refractivity contribution is 5.98. The monoisotopic (exact) mass is 241 g/mol. The number of benzene rings is 1. The van der Waals surface area contributed by atoms with Crippen molar-refractivity contribution < 1.29 is 4.79 Å². The van der Waals surface area contributed by atoms with Crippen LogP contribution in [0.15, 0.2) is 30.5 Å². The van der Waals surface area contributed by atoms with Crippen LogP contribution in [0.25, 0.3) is 10.9 Å². The molecule has 3 N–H and O–H groups in total. The van der Waals surface area contributed by atoms with Crippen LogP contribution in [0, 0.1) is 11.8 Å². The number of hydrogen-bond acceptors (Lipinski definition) is 2. The van der Waals surface area contributed by atoms with Crippen molar-refractivity contribution >= 4 is 16.8 Å². The van der Waals surface area contributed by atoms with E-state index in [0.717, 1.165) is 29.6 Å². The van der Waals surface area contributed by atoms with Crippen molar-refractivity contribution in [3.8, 4) is 0 Å². The second-order valence-electron chi connectivity index (χ2n) is 5.26. The van der Waals surface area contributed by atoms with Gasteiger partial charge in [-0.3, -0.25) is 4.79 Å². The second kappa shape index (κ2) is 3.59. The first-order valence-corrected chi connectivity index (χ1v) is 6.42. The Balaban J connectivity index is 1.53. The maximum absolute atomic E-state index is 12.2. The number of H-pyrrole nitrogens is 1. The molecular weight excluding hydrogens is 226 g/mol. The summed E-state index contributed by atoms with van der Waals surface area (Å²) in [6, 6.07) is 8.16. The lowest BCUT2D eigenvalue weighted by Gasteiger charge is -2.07. The van der Waals surface area contributed by atoms with Crippen LogP contribution in [0.2, 0.25) is 0 Å². The van der Waals surface area contributed by atoms with Gasteiger partial charge < -0.3 is 15.6 Å². The number of piperidine rings is 1. The summed E-state index contributed by atoms with van der Waals surface area (Å²) in [5.74, 6) is 1.37. The Labute approximate surface area is 105 Å². The number of aromatic amines is 1. The highest BCUT2D eigenvalue weighted by Crippen LogP contribution is 2.41. The van der Waals surface area contributed by atoms with Crippen LogP contribution in [0.5, 0.6) is 0 Å². The van der Waals surface area contributed by atoms with E-state index < -0.39 is 0 Å². The third-order valence-corrected chi connectivity index (χ3v) is 4.20. The number of nitrogens with one attached hydrogen (secondary N) is 3. The molecule has 1 aliphatic heterocycles. The Morgan fingerprint density at radius 1 is 1.22 bits per heavy atom. The maximum Gasteiger partial charge on any atom is 0.251 e. The minimum absolute atomic E-state index is 0.0532. The predicted molar refractivity (Wildman–Crippen MR) is 69.4 cm³/mol. The summed E-state index contributed by atoms with van der Waals surface area (Å²) >= 11 is 0. The number of amides is 1. The van der Waals surface area contributed by atoms with Crippen molar-refractivity contribution in [2.24, 2.45) is 11.8 Å².